The molecular formula is C35H39N3O3S. The number of rotatable bonds is 6. The monoisotopic (exact) mass is 581 g/mol. The van der Waals surface area contributed by atoms with Crippen molar-refractivity contribution < 1.29 is 14.3 Å². The largest absolute Gasteiger partial charge is 0.465 e. The number of nitrogens with one attached hydrogen (secondary N) is 1. The van der Waals surface area contributed by atoms with E-state index < -0.39 is 0 Å². The van der Waals surface area contributed by atoms with Gasteiger partial charge in [-0.3, -0.25) is 4.79 Å². The van der Waals surface area contributed by atoms with Gasteiger partial charge in [-0.25, -0.2) is 9.79 Å². The first-order valence-corrected chi connectivity index (χ1v) is 15.2. The number of aromatic nitrogens is 1. The van der Waals surface area contributed by atoms with Gasteiger partial charge in [0.05, 0.1) is 18.2 Å². The highest BCUT2D eigenvalue weighted by Gasteiger charge is 2.33. The summed E-state index contributed by atoms with van der Waals surface area (Å²) in [6.07, 6.45) is 4.78. The Balaban J connectivity index is 1.53. The molecule has 1 aliphatic carbocycles. The molecule has 218 valence electrons. The maximum Gasteiger partial charge on any atom is 0.338 e. The van der Waals surface area contributed by atoms with Gasteiger partial charge in [0.25, 0.3) is 5.91 Å². The van der Waals surface area contributed by atoms with Crippen LogP contribution in [0.4, 0.5) is 10.7 Å². The van der Waals surface area contributed by atoms with E-state index in [2.05, 4.69) is 43.6 Å². The molecule has 6 nitrogen and oxygen atoms in total. The van der Waals surface area contributed by atoms with E-state index in [4.69, 9.17) is 9.73 Å². The van der Waals surface area contributed by atoms with Gasteiger partial charge in [-0.05, 0) is 92.8 Å². The zero-order valence-corrected chi connectivity index (χ0v) is 26.3. The number of esters is 1. The zero-order valence-electron chi connectivity index (χ0n) is 25.5. The number of aryl methyl sites for hydroxylation is 1. The molecule has 2 aromatic carbocycles. The highest BCUT2D eigenvalue weighted by atomic mass is 32.1. The highest BCUT2D eigenvalue weighted by molar-refractivity contribution is 7.16. The van der Waals surface area contributed by atoms with Crippen molar-refractivity contribution in [3.05, 3.63) is 98.7 Å². The molecule has 2 heterocycles. The maximum atomic E-state index is 13.7. The highest BCUT2D eigenvalue weighted by Crippen LogP contribution is 2.45. The number of thiophene rings is 1. The van der Waals surface area contributed by atoms with E-state index in [9.17, 15) is 9.59 Å². The molecule has 1 amide bonds. The smallest absolute Gasteiger partial charge is 0.338 e. The number of ether oxygens (including phenoxy) is 1. The Hall–Kier alpha value is -3.97. The fourth-order valence-corrected chi connectivity index (χ4v) is 7.23. The predicted molar refractivity (Wildman–Crippen MR) is 172 cm³/mol. The molecule has 0 bridgehead atoms. The van der Waals surface area contributed by atoms with Crippen LogP contribution in [0.25, 0.3) is 5.69 Å². The Morgan fingerprint density at radius 3 is 2.50 bits per heavy atom. The van der Waals surface area contributed by atoms with Crippen molar-refractivity contribution in [1.82, 2.24) is 4.57 Å². The Morgan fingerprint density at radius 2 is 1.81 bits per heavy atom. The van der Waals surface area contributed by atoms with Gasteiger partial charge in [-0.2, -0.15) is 0 Å². The number of carbonyl (C=O) groups excluding carboxylic acids is 2. The van der Waals surface area contributed by atoms with Crippen molar-refractivity contribution >= 4 is 40.1 Å². The van der Waals surface area contributed by atoms with Gasteiger partial charge in [-0.1, -0.05) is 45.0 Å². The van der Waals surface area contributed by atoms with Crippen LogP contribution in [-0.4, -0.2) is 29.8 Å². The molecule has 2 aromatic heterocycles. The summed E-state index contributed by atoms with van der Waals surface area (Å²) in [7, 11) is 1.40. The SMILES string of the molecule is COC(=O)c1cccc(-n2c(C)cc(C=Nc3sc4c(c3C(=O)Nc3ccccc3)CC[C@H](C(C)(C)C)C4)c2C)c1C. The molecule has 5 rings (SSSR count). The molecule has 0 aliphatic heterocycles. The van der Waals surface area contributed by atoms with Gasteiger partial charge in [0.2, 0.25) is 0 Å². The van der Waals surface area contributed by atoms with Crippen LogP contribution in [0, 0.1) is 32.1 Å². The molecule has 0 fully saturated rings. The number of anilines is 1. The fraction of sp³-hybridized carbons (Fsp3) is 0.343. The summed E-state index contributed by atoms with van der Waals surface area (Å²) in [5.41, 5.74) is 8.13. The van der Waals surface area contributed by atoms with Crippen LogP contribution in [0.3, 0.4) is 0 Å². The molecular weight excluding hydrogens is 542 g/mol. The van der Waals surface area contributed by atoms with E-state index >= 15 is 0 Å². The van der Waals surface area contributed by atoms with Gasteiger partial charge in [0.15, 0.2) is 0 Å². The summed E-state index contributed by atoms with van der Waals surface area (Å²) >= 11 is 1.65. The molecule has 0 saturated carbocycles. The van der Waals surface area contributed by atoms with E-state index in [1.54, 1.807) is 17.4 Å². The third-order valence-electron chi connectivity index (χ3n) is 8.47. The number of nitrogens with zero attached hydrogens (tertiary/aromatic N) is 2. The molecule has 0 radical (unpaired) electrons. The lowest BCUT2D eigenvalue weighted by molar-refractivity contribution is 0.0599. The van der Waals surface area contributed by atoms with Gasteiger partial charge >= 0.3 is 5.97 Å². The number of methoxy groups -OCH3 is 1. The molecule has 7 heteroatoms. The average molecular weight is 582 g/mol. The normalized spacial score (nSPS) is 15.1. The summed E-state index contributed by atoms with van der Waals surface area (Å²) in [6, 6.07) is 17.3. The predicted octanol–water partition coefficient (Wildman–Crippen LogP) is 8.40. The molecule has 1 N–H and O–H groups in total. The van der Waals surface area contributed by atoms with Crippen molar-refractivity contribution in [2.45, 2.75) is 60.8 Å². The zero-order chi connectivity index (χ0) is 30.2. The van der Waals surface area contributed by atoms with E-state index in [1.807, 2.05) is 62.5 Å². The summed E-state index contributed by atoms with van der Waals surface area (Å²) in [4.78, 5) is 32.3. The Labute approximate surface area is 252 Å². The molecule has 1 atom stereocenters. The standard InChI is InChI=1S/C35H39N3O3S/c1-21-18-24(23(3)38(21)29-15-11-14-27(22(29)2)34(40)41-7)20-36-33-31(32(39)37-26-12-9-8-10-13-26)28-17-16-25(35(4,5)6)19-30(28)42-33/h8-15,18,20,25H,16-17,19H2,1-7H3,(H,37,39)/t25-/m0/s1. The summed E-state index contributed by atoms with van der Waals surface area (Å²) in [5.74, 6) is 0.101. The van der Waals surface area contributed by atoms with Crippen molar-refractivity contribution in [3.63, 3.8) is 0 Å². The molecule has 0 spiro atoms. The van der Waals surface area contributed by atoms with E-state index in [0.717, 1.165) is 63.7 Å². The first-order valence-electron chi connectivity index (χ1n) is 14.4. The van der Waals surface area contributed by atoms with Gasteiger partial charge < -0.3 is 14.6 Å². The third kappa shape index (κ3) is 5.71. The Bertz CT molecular complexity index is 1670. The third-order valence-corrected chi connectivity index (χ3v) is 9.64. The number of aliphatic imine (C=N–C) groups is 1. The van der Waals surface area contributed by atoms with Gasteiger partial charge in [-0.15, -0.1) is 11.3 Å². The van der Waals surface area contributed by atoms with Gasteiger partial charge in [0.1, 0.15) is 5.00 Å². The molecule has 0 unspecified atom stereocenters. The van der Waals surface area contributed by atoms with E-state index in [0.29, 0.717) is 17.0 Å². The van der Waals surface area contributed by atoms with Crippen molar-refractivity contribution in [1.29, 1.82) is 0 Å². The Morgan fingerprint density at radius 1 is 1.07 bits per heavy atom. The molecule has 0 saturated heterocycles. The maximum absolute atomic E-state index is 13.7. The number of benzene rings is 2. The number of hydrogen-bond acceptors (Lipinski definition) is 5. The fourth-order valence-electron chi connectivity index (χ4n) is 5.96. The number of para-hydroxylation sites is 1. The van der Waals surface area contributed by atoms with Crippen LogP contribution in [-0.2, 0) is 17.6 Å². The first kappa shape index (κ1) is 29.5. The number of amides is 1. The van der Waals surface area contributed by atoms with Crippen LogP contribution >= 0.6 is 11.3 Å². The van der Waals surface area contributed by atoms with Gasteiger partial charge in [0, 0.05) is 39.4 Å². The first-order chi connectivity index (χ1) is 20.0. The minimum atomic E-state index is -0.352. The van der Waals surface area contributed by atoms with E-state index in [1.165, 1.54) is 12.0 Å². The minimum Gasteiger partial charge on any atom is -0.465 e. The summed E-state index contributed by atoms with van der Waals surface area (Å²) < 4.78 is 7.13. The number of hydrogen-bond donors (Lipinski definition) is 1. The summed E-state index contributed by atoms with van der Waals surface area (Å²) in [5, 5.41) is 3.84. The topological polar surface area (TPSA) is 72.7 Å². The van der Waals surface area contributed by atoms with Crippen molar-refractivity contribution in [3.8, 4) is 5.69 Å². The van der Waals surface area contributed by atoms with Crippen LogP contribution in [0.5, 0.6) is 0 Å². The van der Waals surface area contributed by atoms with Crippen molar-refractivity contribution in [2.75, 3.05) is 12.4 Å². The van der Waals surface area contributed by atoms with Crippen LogP contribution in [0.1, 0.15) is 80.9 Å². The minimum absolute atomic E-state index is 0.110. The lowest BCUT2D eigenvalue weighted by Gasteiger charge is -2.33. The van der Waals surface area contributed by atoms with E-state index in [-0.39, 0.29) is 17.3 Å². The average Bonchev–Trinajstić information content (AvgIpc) is 3.47. The quantitative estimate of drug-likeness (QED) is 0.184. The van der Waals surface area contributed by atoms with Crippen LogP contribution < -0.4 is 5.32 Å². The number of carbonyl (C=O) groups is 2. The van der Waals surface area contributed by atoms with Crippen LogP contribution in [0.2, 0.25) is 0 Å². The second kappa shape index (κ2) is 11.7. The van der Waals surface area contributed by atoms with Crippen molar-refractivity contribution in [2.24, 2.45) is 16.3 Å². The summed E-state index contributed by atoms with van der Waals surface area (Å²) in [6.45, 7) is 12.9. The second-order valence-electron chi connectivity index (χ2n) is 12.2. The molecule has 4 aromatic rings. The Kier molecular flexibility index (Phi) is 8.24. The lowest BCUT2D eigenvalue weighted by atomic mass is 9.72. The molecule has 1 aliphatic rings. The second-order valence-corrected chi connectivity index (χ2v) is 13.3. The van der Waals surface area contributed by atoms with Crippen LogP contribution in [0.15, 0.2) is 59.6 Å². The lowest BCUT2D eigenvalue weighted by Crippen LogP contribution is -2.27. The number of fused-ring (bicyclic) bond motifs is 1. The molecule has 42 heavy (non-hydrogen) atoms.